The normalized spacial score (nSPS) is 13.1. The summed E-state index contributed by atoms with van der Waals surface area (Å²) in [6, 6.07) is 5.58. The molecule has 0 atom stereocenters. The number of hydrogen-bond acceptors (Lipinski definition) is 5. The van der Waals surface area contributed by atoms with Gasteiger partial charge in [0.25, 0.3) is 0 Å². The Labute approximate surface area is 157 Å². The van der Waals surface area contributed by atoms with E-state index in [2.05, 4.69) is 20.6 Å². The third-order valence-corrected chi connectivity index (χ3v) is 5.02. The Morgan fingerprint density at radius 2 is 1.96 bits per heavy atom. The molecule has 0 saturated carbocycles. The Balaban J connectivity index is 1.62. The Bertz CT molecular complexity index is 844. The van der Waals surface area contributed by atoms with Crippen LogP contribution in [0.3, 0.4) is 0 Å². The SMILES string of the molecule is CSc1nc(C)c(CCC(=O)Nc2ccc3c(c2)CCC(=O)N3)c(C)n1. The summed E-state index contributed by atoms with van der Waals surface area (Å²) in [4.78, 5) is 32.6. The molecule has 2 N–H and O–H groups in total. The predicted molar refractivity (Wildman–Crippen MR) is 104 cm³/mol. The minimum atomic E-state index is -0.0439. The molecule has 1 aromatic carbocycles. The summed E-state index contributed by atoms with van der Waals surface area (Å²) in [6.45, 7) is 3.92. The fourth-order valence-electron chi connectivity index (χ4n) is 3.08. The summed E-state index contributed by atoms with van der Waals surface area (Å²) in [5.74, 6) is -0.00715. The lowest BCUT2D eigenvalue weighted by atomic mass is 10.0. The Kier molecular flexibility index (Phi) is 5.56. The van der Waals surface area contributed by atoms with Crippen LogP contribution in [0.4, 0.5) is 11.4 Å². The first-order valence-corrected chi connectivity index (χ1v) is 9.79. The highest BCUT2D eigenvalue weighted by Gasteiger charge is 2.16. The van der Waals surface area contributed by atoms with E-state index in [9.17, 15) is 9.59 Å². The molecule has 2 heterocycles. The van der Waals surface area contributed by atoms with Crippen molar-refractivity contribution in [2.75, 3.05) is 16.9 Å². The van der Waals surface area contributed by atoms with Crippen molar-refractivity contribution in [3.05, 3.63) is 40.7 Å². The third kappa shape index (κ3) is 4.22. The number of carbonyl (C=O) groups excluding carboxylic acids is 2. The molecule has 3 rings (SSSR count). The molecule has 1 aliphatic heterocycles. The molecule has 0 bridgehead atoms. The molecule has 2 aromatic rings. The Hall–Kier alpha value is -2.41. The lowest BCUT2D eigenvalue weighted by Crippen LogP contribution is -2.19. The van der Waals surface area contributed by atoms with Crippen LogP contribution in [0.5, 0.6) is 0 Å². The maximum Gasteiger partial charge on any atom is 0.224 e. The molecule has 0 unspecified atom stereocenters. The van der Waals surface area contributed by atoms with E-state index in [1.54, 1.807) is 0 Å². The average molecular weight is 370 g/mol. The van der Waals surface area contributed by atoms with Gasteiger partial charge in [0, 0.05) is 35.6 Å². The first-order chi connectivity index (χ1) is 12.5. The number of thioether (sulfide) groups is 1. The van der Waals surface area contributed by atoms with Crippen molar-refractivity contribution < 1.29 is 9.59 Å². The van der Waals surface area contributed by atoms with Gasteiger partial charge in [0.1, 0.15) is 0 Å². The first kappa shape index (κ1) is 18.4. The van der Waals surface area contributed by atoms with Crippen molar-refractivity contribution >= 4 is 35.0 Å². The van der Waals surface area contributed by atoms with Crippen LogP contribution in [-0.4, -0.2) is 28.0 Å². The second-order valence-corrected chi connectivity index (χ2v) is 7.10. The van der Waals surface area contributed by atoms with Crippen LogP contribution >= 0.6 is 11.8 Å². The largest absolute Gasteiger partial charge is 0.326 e. The number of benzene rings is 1. The zero-order valence-corrected chi connectivity index (χ0v) is 16.0. The number of amides is 2. The van der Waals surface area contributed by atoms with E-state index in [-0.39, 0.29) is 11.8 Å². The van der Waals surface area contributed by atoms with E-state index >= 15 is 0 Å². The summed E-state index contributed by atoms with van der Waals surface area (Å²) < 4.78 is 0. The number of anilines is 2. The molecular formula is C19H22N4O2S. The van der Waals surface area contributed by atoms with E-state index in [1.807, 2.05) is 38.3 Å². The number of rotatable bonds is 5. The number of hydrogen-bond donors (Lipinski definition) is 2. The molecule has 1 aliphatic rings. The number of aryl methyl sites for hydroxylation is 3. The molecule has 0 aliphatic carbocycles. The third-order valence-electron chi connectivity index (χ3n) is 4.47. The van der Waals surface area contributed by atoms with E-state index in [0.29, 0.717) is 25.7 Å². The molecule has 136 valence electrons. The number of fused-ring (bicyclic) bond motifs is 1. The summed E-state index contributed by atoms with van der Waals surface area (Å²) in [5.41, 5.74) is 5.53. The summed E-state index contributed by atoms with van der Waals surface area (Å²) in [6.07, 6.45) is 4.11. The molecule has 6 nitrogen and oxygen atoms in total. The maximum atomic E-state index is 12.3. The average Bonchev–Trinajstić information content (AvgIpc) is 2.61. The second kappa shape index (κ2) is 7.86. The monoisotopic (exact) mass is 370 g/mol. The highest BCUT2D eigenvalue weighted by Crippen LogP contribution is 2.26. The van der Waals surface area contributed by atoms with Gasteiger partial charge in [0.2, 0.25) is 11.8 Å². The fraction of sp³-hybridized carbons (Fsp3) is 0.368. The van der Waals surface area contributed by atoms with E-state index in [1.165, 1.54) is 11.8 Å². The molecule has 7 heteroatoms. The van der Waals surface area contributed by atoms with Gasteiger partial charge >= 0.3 is 0 Å². The zero-order valence-electron chi connectivity index (χ0n) is 15.2. The van der Waals surface area contributed by atoms with Crippen molar-refractivity contribution in [1.82, 2.24) is 9.97 Å². The lowest BCUT2D eigenvalue weighted by Gasteiger charge is -2.17. The Morgan fingerprint density at radius 1 is 1.23 bits per heavy atom. The van der Waals surface area contributed by atoms with Crippen LogP contribution < -0.4 is 10.6 Å². The minimum Gasteiger partial charge on any atom is -0.326 e. The van der Waals surface area contributed by atoms with Gasteiger partial charge in [-0.25, -0.2) is 9.97 Å². The van der Waals surface area contributed by atoms with Crippen molar-refractivity contribution in [3.63, 3.8) is 0 Å². The van der Waals surface area contributed by atoms with Crippen molar-refractivity contribution in [3.8, 4) is 0 Å². The van der Waals surface area contributed by atoms with Crippen molar-refractivity contribution in [1.29, 1.82) is 0 Å². The smallest absolute Gasteiger partial charge is 0.224 e. The van der Waals surface area contributed by atoms with Crippen LogP contribution in [0.25, 0.3) is 0 Å². The van der Waals surface area contributed by atoms with Gasteiger partial charge in [-0.3, -0.25) is 9.59 Å². The van der Waals surface area contributed by atoms with Gasteiger partial charge in [-0.1, -0.05) is 11.8 Å². The highest BCUT2D eigenvalue weighted by atomic mass is 32.2. The van der Waals surface area contributed by atoms with Crippen LogP contribution in [0.2, 0.25) is 0 Å². The van der Waals surface area contributed by atoms with E-state index in [4.69, 9.17) is 0 Å². The quantitative estimate of drug-likeness (QED) is 0.623. The van der Waals surface area contributed by atoms with Gasteiger partial charge in [0.15, 0.2) is 5.16 Å². The molecule has 0 radical (unpaired) electrons. The summed E-state index contributed by atoms with van der Waals surface area (Å²) in [5, 5.41) is 6.54. The first-order valence-electron chi connectivity index (χ1n) is 8.57. The maximum absolute atomic E-state index is 12.3. The molecular weight excluding hydrogens is 348 g/mol. The topological polar surface area (TPSA) is 84.0 Å². The fourth-order valence-corrected chi connectivity index (χ4v) is 3.54. The number of nitrogens with zero attached hydrogens (tertiary/aromatic N) is 2. The van der Waals surface area contributed by atoms with Crippen LogP contribution in [0, 0.1) is 13.8 Å². The number of aromatic nitrogens is 2. The van der Waals surface area contributed by atoms with E-state index < -0.39 is 0 Å². The Morgan fingerprint density at radius 3 is 2.65 bits per heavy atom. The molecule has 0 spiro atoms. The van der Waals surface area contributed by atoms with Gasteiger partial charge in [0.05, 0.1) is 0 Å². The van der Waals surface area contributed by atoms with E-state index in [0.717, 1.165) is 39.0 Å². The standard InChI is InChI=1S/C19H22N4O2S/c1-11-15(12(2)21-19(20-11)26-3)6-9-17(24)22-14-5-7-16-13(10-14)4-8-18(25)23-16/h5,7,10H,4,6,8-9H2,1-3H3,(H,22,24)(H,23,25). The van der Waals surface area contributed by atoms with Gasteiger partial charge in [-0.15, -0.1) is 0 Å². The number of carbonyl (C=O) groups is 2. The van der Waals surface area contributed by atoms with Gasteiger partial charge in [-0.05, 0) is 62.3 Å². The van der Waals surface area contributed by atoms with Gasteiger partial charge < -0.3 is 10.6 Å². The molecule has 0 fully saturated rings. The molecule has 2 amide bonds. The van der Waals surface area contributed by atoms with Gasteiger partial charge in [-0.2, -0.15) is 0 Å². The van der Waals surface area contributed by atoms with Crippen molar-refractivity contribution in [2.45, 2.75) is 44.7 Å². The molecule has 0 saturated heterocycles. The molecule has 26 heavy (non-hydrogen) atoms. The minimum absolute atomic E-state index is 0.0368. The van der Waals surface area contributed by atoms with Crippen LogP contribution in [0.15, 0.2) is 23.4 Å². The zero-order chi connectivity index (χ0) is 18.7. The second-order valence-electron chi connectivity index (χ2n) is 6.33. The highest BCUT2D eigenvalue weighted by molar-refractivity contribution is 7.98. The van der Waals surface area contributed by atoms with Crippen LogP contribution in [0.1, 0.15) is 35.4 Å². The predicted octanol–water partition coefficient (Wildman–Crippen LogP) is 3.27. The summed E-state index contributed by atoms with van der Waals surface area (Å²) in [7, 11) is 0. The number of nitrogens with one attached hydrogen (secondary N) is 2. The lowest BCUT2D eigenvalue weighted by molar-refractivity contribution is -0.117. The summed E-state index contributed by atoms with van der Waals surface area (Å²) >= 11 is 1.52. The van der Waals surface area contributed by atoms with Crippen LogP contribution in [-0.2, 0) is 22.4 Å². The molecule has 1 aromatic heterocycles. The van der Waals surface area contributed by atoms with Crippen molar-refractivity contribution in [2.24, 2.45) is 0 Å².